The van der Waals surface area contributed by atoms with Crippen LogP contribution in [0.4, 0.5) is 0 Å². The third-order valence-corrected chi connectivity index (χ3v) is 7.40. The first-order valence-electron chi connectivity index (χ1n) is 7.14. The summed E-state index contributed by atoms with van der Waals surface area (Å²) in [5.74, 6) is -0.448. The molecule has 2 fully saturated rings. The van der Waals surface area contributed by atoms with Crippen LogP contribution in [0.2, 0.25) is 0 Å². The summed E-state index contributed by atoms with van der Waals surface area (Å²) < 4.78 is 26.5. The van der Waals surface area contributed by atoms with E-state index in [1.807, 2.05) is 0 Å². The van der Waals surface area contributed by atoms with Crippen molar-refractivity contribution in [1.82, 2.24) is 9.21 Å². The number of sulfonamides is 1. The number of amides is 1. The number of carbonyl (C=O) groups is 1. The van der Waals surface area contributed by atoms with Crippen molar-refractivity contribution in [3.63, 3.8) is 0 Å². The molecule has 23 heavy (non-hydrogen) atoms. The molecule has 1 saturated heterocycles. The van der Waals surface area contributed by atoms with E-state index in [9.17, 15) is 13.2 Å². The van der Waals surface area contributed by atoms with Crippen LogP contribution in [0.15, 0.2) is 33.6 Å². The molecule has 3 rings (SSSR count). The van der Waals surface area contributed by atoms with Crippen molar-refractivity contribution in [3.8, 4) is 0 Å². The number of carbonyl (C=O) groups excluding carboxylic acids is 1. The smallest absolute Gasteiger partial charge is 0.243 e. The van der Waals surface area contributed by atoms with Gasteiger partial charge < -0.3 is 4.90 Å². The molecule has 0 aromatic heterocycles. The Kier molecular flexibility index (Phi) is 4.70. The Bertz CT molecular complexity index is 716. The van der Waals surface area contributed by atoms with Crippen LogP contribution in [0.5, 0.6) is 0 Å². The molecule has 0 spiro atoms. The van der Waals surface area contributed by atoms with Crippen molar-refractivity contribution in [2.45, 2.75) is 15.6 Å². The van der Waals surface area contributed by atoms with Gasteiger partial charge >= 0.3 is 0 Å². The highest BCUT2D eigenvalue weighted by Crippen LogP contribution is 2.53. The zero-order valence-corrected chi connectivity index (χ0v) is 16.0. The Morgan fingerprint density at radius 1 is 1.13 bits per heavy atom. The quantitative estimate of drug-likeness (QED) is 0.677. The zero-order chi connectivity index (χ0) is 16.8. The Morgan fingerprint density at radius 2 is 1.65 bits per heavy atom. The average molecular weight is 442 g/mol. The minimum atomic E-state index is -3.53. The van der Waals surface area contributed by atoms with Gasteiger partial charge in [0.25, 0.3) is 0 Å². The summed E-state index contributed by atoms with van der Waals surface area (Å²) in [6.07, 6.45) is 0.465. The maximum atomic E-state index is 12.6. The van der Waals surface area contributed by atoms with Gasteiger partial charge in [-0.2, -0.15) is 4.31 Å². The summed E-state index contributed by atoms with van der Waals surface area (Å²) in [5.41, 5.74) is 0. The van der Waals surface area contributed by atoms with E-state index in [4.69, 9.17) is 23.2 Å². The topological polar surface area (TPSA) is 57.7 Å². The van der Waals surface area contributed by atoms with Crippen molar-refractivity contribution in [1.29, 1.82) is 0 Å². The molecule has 1 heterocycles. The van der Waals surface area contributed by atoms with Gasteiger partial charge in [0.2, 0.25) is 15.9 Å². The predicted molar refractivity (Wildman–Crippen MR) is 92.0 cm³/mol. The highest BCUT2D eigenvalue weighted by atomic mass is 79.9. The first-order valence-corrected chi connectivity index (χ1v) is 10.1. The summed E-state index contributed by atoms with van der Waals surface area (Å²) in [6, 6.07) is 6.52. The van der Waals surface area contributed by atoms with Crippen LogP contribution < -0.4 is 0 Å². The number of benzene rings is 1. The molecule has 0 bridgehead atoms. The second kappa shape index (κ2) is 6.19. The average Bonchev–Trinajstić information content (AvgIpc) is 3.16. The van der Waals surface area contributed by atoms with Crippen LogP contribution in [-0.4, -0.2) is 54.0 Å². The molecule has 9 heteroatoms. The van der Waals surface area contributed by atoms with E-state index in [1.165, 1.54) is 4.31 Å². The Hall–Kier alpha value is -0.340. The molecule has 1 amide bonds. The van der Waals surface area contributed by atoms with Gasteiger partial charge in [-0.3, -0.25) is 4.79 Å². The number of alkyl halides is 2. The normalized spacial score (nSPS) is 24.5. The van der Waals surface area contributed by atoms with E-state index in [0.717, 1.165) is 4.47 Å². The molecule has 1 aromatic carbocycles. The number of rotatable bonds is 3. The van der Waals surface area contributed by atoms with E-state index < -0.39 is 14.4 Å². The number of piperazine rings is 1. The predicted octanol–water partition coefficient (Wildman–Crippen LogP) is 2.48. The lowest BCUT2D eigenvalue weighted by molar-refractivity contribution is -0.133. The van der Waals surface area contributed by atoms with Gasteiger partial charge in [-0.05, 0) is 30.7 Å². The van der Waals surface area contributed by atoms with Crippen molar-refractivity contribution >= 4 is 55.1 Å². The fourth-order valence-corrected chi connectivity index (χ4v) is 4.79. The van der Waals surface area contributed by atoms with E-state index in [2.05, 4.69) is 15.9 Å². The second-order valence-electron chi connectivity index (χ2n) is 5.70. The first kappa shape index (κ1) is 17.5. The minimum Gasteiger partial charge on any atom is -0.340 e. The van der Waals surface area contributed by atoms with Gasteiger partial charge in [-0.15, -0.1) is 23.2 Å². The number of hydrogen-bond acceptors (Lipinski definition) is 3. The maximum absolute atomic E-state index is 12.6. The molecule has 2 aliphatic rings. The first-order chi connectivity index (χ1) is 10.7. The standard InChI is InChI=1S/C14H15BrCl2N2O3S/c15-10-1-3-11(4-2-10)23(21,22)19-7-5-18(6-8-19)13(20)12-9-14(12,16)17/h1-4,12H,5-9H2. The van der Waals surface area contributed by atoms with Gasteiger partial charge in [0.1, 0.15) is 4.33 Å². The third kappa shape index (κ3) is 3.54. The monoisotopic (exact) mass is 440 g/mol. The van der Waals surface area contributed by atoms with Crippen molar-refractivity contribution in [3.05, 3.63) is 28.7 Å². The van der Waals surface area contributed by atoms with Crippen LogP contribution in [0, 0.1) is 5.92 Å². The molecule has 1 atom stereocenters. The summed E-state index contributed by atoms with van der Waals surface area (Å²) in [4.78, 5) is 14.1. The lowest BCUT2D eigenvalue weighted by Crippen LogP contribution is -2.51. The molecule has 0 radical (unpaired) electrons. The summed E-state index contributed by atoms with van der Waals surface area (Å²) in [6.45, 7) is 1.26. The molecular formula is C14H15BrCl2N2O3S. The SMILES string of the molecule is O=C(C1CC1(Cl)Cl)N1CCN(S(=O)(=O)c2ccc(Br)cc2)CC1. The Morgan fingerprint density at radius 3 is 2.13 bits per heavy atom. The number of hydrogen-bond donors (Lipinski definition) is 0. The maximum Gasteiger partial charge on any atom is 0.243 e. The highest BCUT2D eigenvalue weighted by Gasteiger charge is 2.57. The second-order valence-corrected chi connectivity index (χ2v) is 10.1. The minimum absolute atomic E-state index is 0.0873. The van der Waals surface area contributed by atoms with Crippen molar-refractivity contribution < 1.29 is 13.2 Å². The molecule has 1 aliphatic carbocycles. The van der Waals surface area contributed by atoms with Gasteiger partial charge in [0.05, 0.1) is 10.8 Å². The van der Waals surface area contributed by atoms with Crippen LogP contribution in [0.25, 0.3) is 0 Å². The number of halogens is 3. The van der Waals surface area contributed by atoms with E-state index in [-0.39, 0.29) is 29.8 Å². The lowest BCUT2D eigenvalue weighted by atomic mass is 10.3. The third-order valence-electron chi connectivity index (χ3n) is 4.13. The van der Waals surface area contributed by atoms with E-state index in [0.29, 0.717) is 19.5 Å². The Balaban J connectivity index is 1.64. The molecule has 126 valence electrons. The van der Waals surface area contributed by atoms with Crippen molar-refractivity contribution in [2.24, 2.45) is 5.92 Å². The van der Waals surface area contributed by atoms with Crippen LogP contribution in [0.3, 0.4) is 0 Å². The lowest BCUT2D eigenvalue weighted by Gasteiger charge is -2.34. The van der Waals surface area contributed by atoms with Gasteiger partial charge in [0.15, 0.2) is 0 Å². The molecule has 1 aromatic rings. The molecule has 1 unspecified atom stereocenters. The number of nitrogens with zero attached hydrogens (tertiary/aromatic N) is 2. The fraction of sp³-hybridized carbons (Fsp3) is 0.500. The molecule has 1 saturated carbocycles. The summed E-state index contributed by atoms with van der Waals surface area (Å²) in [5, 5.41) is 0. The van der Waals surface area contributed by atoms with Crippen LogP contribution in [-0.2, 0) is 14.8 Å². The van der Waals surface area contributed by atoms with E-state index >= 15 is 0 Å². The highest BCUT2D eigenvalue weighted by molar-refractivity contribution is 9.10. The zero-order valence-electron chi connectivity index (χ0n) is 12.1. The van der Waals surface area contributed by atoms with Crippen molar-refractivity contribution in [2.75, 3.05) is 26.2 Å². The molecule has 5 nitrogen and oxygen atoms in total. The van der Waals surface area contributed by atoms with E-state index in [1.54, 1.807) is 29.2 Å². The molecular weight excluding hydrogens is 427 g/mol. The summed E-state index contributed by atoms with van der Waals surface area (Å²) in [7, 11) is -3.53. The molecule has 1 aliphatic heterocycles. The molecule has 0 N–H and O–H groups in total. The Labute approximate surface area is 153 Å². The van der Waals surface area contributed by atoms with Crippen LogP contribution in [0.1, 0.15) is 6.42 Å². The van der Waals surface area contributed by atoms with Crippen LogP contribution >= 0.6 is 39.1 Å². The fourth-order valence-electron chi connectivity index (χ4n) is 2.61. The van der Waals surface area contributed by atoms with Gasteiger partial charge in [0, 0.05) is 30.7 Å². The van der Waals surface area contributed by atoms with Gasteiger partial charge in [-0.1, -0.05) is 15.9 Å². The van der Waals surface area contributed by atoms with Gasteiger partial charge in [-0.25, -0.2) is 8.42 Å². The largest absolute Gasteiger partial charge is 0.340 e. The summed E-state index contributed by atoms with van der Waals surface area (Å²) >= 11 is 15.1.